The Balaban J connectivity index is 0.000000348. The molecule has 0 spiro atoms. The fourth-order valence-electron chi connectivity index (χ4n) is 14.0. The Labute approximate surface area is 676 Å². The third-order valence-electron chi connectivity index (χ3n) is 20.8. The molecule has 22 heteroatoms. The summed E-state index contributed by atoms with van der Waals surface area (Å²) in [5, 5.41) is 124. The second kappa shape index (κ2) is 44.4. The van der Waals surface area contributed by atoms with E-state index in [1.807, 2.05) is 149 Å². The van der Waals surface area contributed by atoms with E-state index in [9.17, 15) is 61.3 Å². The molecule has 0 amide bonds. The molecule has 5 radical (unpaired) electrons. The molecule has 0 aromatic heterocycles. The predicted molar refractivity (Wildman–Crippen MR) is 430 cm³/mol. The van der Waals surface area contributed by atoms with E-state index >= 15 is 0 Å². The van der Waals surface area contributed by atoms with Gasteiger partial charge in [0, 0.05) is 159 Å². The quantitative estimate of drug-likeness (QED) is 0.0244. The van der Waals surface area contributed by atoms with Crippen LogP contribution in [0.1, 0.15) is 148 Å². The summed E-state index contributed by atoms with van der Waals surface area (Å²) in [7, 11) is 0. The summed E-state index contributed by atoms with van der Waals surface area (Å²) in [4.78, 5) is 8.87. The second-order valence-electron chi connectivity index (χ2n) is 26.8. The van der Waals surface area contributed by atoms with Crippen LogP contribution >= 0.6 is 61.2 Å². The van der Waals surface area contributed by atoms with Gasteiger partial charge in [0.2, 0.25) is 0 Å². The van der Waals surface area contributed by atoms with Crippen molar-refractivity contribution in [2.24, 2.45) is 0 Å². The third-order valence-corrected chi connectivity index (χ3v) is 20.8. The molecule has 4 heterocycles. The van der Waals surface area contributed by atoms with Gasteiger partial charge in [-0.25, -0.2) is 0 Å². The van der Waals surface area contributed by atoms with Crippen molar-refractivity contribution in [1.29, 1.82) is 0 Å². The molecule has 0 aliphatic carbocycles. The van der Waals surface area contributed by atoms with Crippen LogP contribution in [0.25, 0.3) is 0 Å². The number of phenols is 4. The van der Waals surface area contributed by atoms with Crippen LogP contribution in [0.5, 0.6) is 23.0 Å². The summed E-state index contributed by atoms with van der Waals surface area (Å²) in [6.07, 6.45) is 2.78. The maximum Gasteiger partial charge on any atom is 0.115 e. The SMILES string of the molecule is C[C@@H]([C@@H](O)c1ccc(O)cc1)N1CCC(O)(c2ccccc2)CC1.C[C@@H]([C@@H](O)c1ccc(O)cc1)N1CCC(O)(c2ccccc2)CC1.C[C@H]([C@H](O)c1ccc(O)cc1)N1CCC(O)(c2ccccc2)CC1.C[C@H]([C@H](O)c1ccc(O)cc1)N1CCC(O)(c2ccccc2)CC1.I.II.[B].[CH3-].[V].[V]. The van der Waals surface area contributed by atoms with Crippen molar-refractivity contribution >= 4 is 69.6 Å². The zero-order valence-corrected chi connectivity index (χ0v) is 68.9. The summed E-state index contributed by atoms with van der Waals surface area (Å²) in [5.74, 6) is 0.794. The molecule has 555 valence electrons. The number of hydrogen-bond donors (Lipinski definition) is 12. The van der Waals surface area contributed by atoms with E-state index in [-0.39, 0.29) is 124 Å². The maximum atomic E-state index is 10.9. The number of nitrogens with zero attached hydrogens (tertiary/aromatic N) is 4. The molecule has 0 bridgehead atoms. The number of aliphatic hydroxyl groups excluding tert-OH is 4. The first-order valence-corrected chi connectivity index (χ1v) is 40.4. The van der Waals surface area contributed by atoms with Gasteiger partial charge < -0.3 is 68.7 Å². The Morgan fingerprint density at radius 1 is 0.282 bits per heavy atom. The van der Waals surface area contributed by atoms with Gasteiger partial charge in [0.15, 0.2) is 0 Å². The third kappa shape index (κ3) is 25.5. The summed E-state index contributed by atoms with van der Waals surface area (Å²) >= 11 is 4.24. The molecule has 8 atom stereocenters. The molecule has 0 saturated carbocycles. The zero-order chi connectivity index (χ0) is 70.6. The molecule has 12 N–H and O–H groups in total. The van der Waals surface area contributed by atoms with E-state index in [0.717, 1.165) is 96.9 Å². The van der Waals surface area contributed by atoms with Crippen LogP contribution in [-0.4, -0.2) is 166 Å². The van der Waals surface area contributed by atoms with Gasteiger partial charge in [-0.3, -0.25) is 19.6 Å². The van der Waals surface area contributed by atoms with Gasteiger partial charge >= 0.3 is 0 Å². The zero-order valence-electron chi connectivity index (χ0n) is 59.5. The molecule has 12 rings (SSSR count). The van der Waals surface area contributed by atoms with E-state index in [2.05, 4.69) is 56.8 Å². The number of likely N-dealkylation sites (tertiary alicyclic amines) is 4. The first-order valence-electron chi connectivity index (χ1n) is 34.1. The van der Waals surface area contributed by atoms with Crippen LogP contribution in [0.4, 0.5) is 0 Å². The maximum absolute atomic E-state index is 10.9. The van der Waals surface area contributed by atoms with Crippen molar-refractivity contribution in [2.75, 3.05) is 52.4 Å². The summed E-state index contributed by atoms with van der Waals surface area (Å²) < 4.78 is 0. The van der Waals surface area contributed by atoms with Gasteiger partial charge in [-0.1, -0.05) is 170 Å². The minimum absolute atomic E-state index is 0. The first kappa shape index (κ1) is 93.1. The molecule has 0 unspecified atom stereocenters. The van der Waals surface area contributed by atoms with E-state index in [0.29, 0.717) is 51.4 Å². The Hall–Kier alpha value is -4.10. The van der Waals surface area contributed by atoms with Crippen LogP contribution in [-0.2, 0) is 59.5 Å². The molecule has 8 aromatic rings. The average molecular weight is 1820 g/mol. The number of rotatable bonds is 16. The van der Waals surface area contributed by atoms with Crippen LogP contribution in [0, 0.1) is 7.43 Å². The minimum Gasteiger partial charge on any atom is -0.508 e. The number of aromatic hydroxyl groups is 4. The van der Waals surface area contributed by atoms with Crippen molar-refractivity contribution in [2.45, 2.75) is 150 Å². The summed E-state index contributed by atoms with van der Waals surface area (Å²) in [5.41, 5.74) is 3.95. The number of piperidine rings is 4. The normalized spacial score (nSPS) is 19.1. The van der Waals surface area contributed by atoms with Gasteiger partial charge in [-0.2, -0.15) is 0 Å². The van der Waals surface area contributed by atoms with Crippen LogP contribution in [0.15, 0.2) is 218 Å². The minimum atomic E-state index is -0.777. The Morgan fingerprint density at radius 3 is 0.553 bits per heavy atom. The van der Waals surface area contributed by atoms with Gasteiger partial charge in [0.25, 0.3) is 0 Å². The molecular weight excluding hydrogens is 1710 g/mol. The fourth-order valence-corrected chi connectivity index (χ4v) is 14.0. The van der Waals surface area contributed by atoms with E-state index in [1.165, 1.54) is 0 Å². The molecule has 4 aliphatic rings. The predicted octanol–water partition coefficient (Wildman–Crippen LogP) is 13.6. The Bertz CT molecular complexity index is 3110. The largest absolute Gasteiger partial charge is 0.508 e. The molecule has 4 saturated heterocycles. The summed E-state index contributed by atoms with van der Waals surface area (Å²) in [6.45, 7) is 13.9. The standard InChI is InChI=1S/4C20H25NO3.CH3.B.I2.HI.2V/c4*1-15(19(23)16-7-9-18(22)10-8-16)21-13-11-20(24,12-14-21)17-5-3-2-4-6-17;;;1-2;;;/h4*2-10,15,19,22-24H,11-14H2,1H3;1H3;;;1H;;/q;;;;-1;;;;;/t4*15-,19+;;;;;;/m1100....../s1. The topological polar surface area (TPSA) is 256 Å². The Kier molecular flexibility index (Phi) is 40.1. The van der Waals surface area contributed by atoms with Gasteiger partial charge in [-0.05, 0) is 172 Å². The molecule has 16 nitrogen and oxygen atoms in total. The molecular formula is C81H104BI3N4O12V2-. The average Bonchev–Trinajstić information content (AvgIpc) is 0.817. The van der Waals surface area contributed by atoms with Crippen molar-refractivity contribution < 1.29 is 98.4 Å². The van der Waals surface area contributed by atoms with Crippen molar-refractivity contribution in [1.82, 2.24) is 19.6 Å². The van der Waals surface area contributed by atoms with Gasteiger partial charge in [0.1, 0.15) is 23.0 Å². The van der Waals surface area contributed by atoms with E-state index < -0.39 is 46.8 Å². The van der Waals surface area contributed by atoms with E-state index in [1.54, 1.807) is 97.1 Å². The molecule has 4 aliphatic heterocycles. The number of aliphatic hydroxyl groups is 8. The fraction of sp³-hybridized carbons (Fsp3) is 0.395. The number of halogens is 3. The molecule has 8 aromatic carbocycles. The smallest absolute Gasteiger partial charge is 0.115 e. The van der Waals surface area contributed by atoms with Gasteiger partial charge in [-0.15, -0.1) is 24.0 Å². The van der Waals surface area contributed by atoms with E-state index in [4.69, 9.17) is 0 Å². The van der Waals surface area contributed by atoms with Crippen LogP contribution < -0.4 is 0 Å². The second-order valence-corrected chi connectivity index (χ2v) is 26.8. The van der Waals surface area contributed by atoms with Crippen LogP contribution in [0.3, 0.4) is 0 Å². The number of phenolic OH excluding ortho intramolecular Hbond substituents is 4. The van der Waals surface area contributed by atoms with Crippen molar-refractivity contribution in [3.8, 4) is 23.0 Å². The summed E-state index contributed by atoms with van der Waals surface area (Å²) in [6, 6.07) is 65.8. The molecule has 4 fully saturated rings. The first-order chi connectivity index (χ1) is 47.0. The molecule has 103 heavy (non-hydrogen) atoms. The number of hydrogen-bond acceptors (Lipinski definition) is 16. The van der Waals surface area contributed by atoms with Crippen molar-refractivity contribution in [3.63, 3.8) is 0 Å². The van der Waals surface area contributed by atoms with Gasteiger partial charge in [0.05, 0.1) is 46.8 Å². The Morgan fingerprint density at radius 2 is 0.417 bits per heavy atom. The number of benzene rings is 8. The van der Waals surface area contributed by atoms with Crippen molar-refractivity contribution in [3.05, 3.63) is 270 Å². The van der Waals surface area contributed by atoms with Crippen LogP contribution in [0.2, 0.25) is 0 Å². The monoisotopic (exact) mass is 1820 g/mol.